The summed E-state index contributed by atoms with van der Waals surface area (Å²) in [5.41, 5.74) is 8.41. The van der Waals surface area contributed by atoms with Gasteiger partial charge in [0.1, 0.15) is 0 Å². The molecular weight excluding hydrogens is 599 g/mol. The van der Waals surface area contributed by atoms with E-state index in [9.17, 15) is 0 Å². The number of fused-ring (bicyclic) bond motifs is 5. The van der Waals surface area contributed by atoms with Crippen LogP contribution in [0, 0.1) is 6.08 Å². The summed E-state index contributed by atoms with van der Waals surface area (Å²) in [6.07, 6.45) is 14.6. The molecule has 2 aliphatic carbocycles. The Morgan fingerprint density at radius 3 is 2.38 bits per heavy atom. The van der Waals surface area contributed by atoms with E-state index in [1.165, 1.54) is 69.9 Å². The molecule has 5 heteroatoms. The van der Waals surface area contributed by atoms with Crippen LogP contribution in [0.2, 0.25) is 0 Å². The Balaban J connectivity index is 0.000000140. The molecule has 192 valence electrons. The van der Waals surface area contributed by atoms with Crippen molar-refractivity contribution in [1.82, 2.24) is 9.13 Å². The van der Waals surface area contributed by atoms with Gasteiger partial charge in [0.2, 0.25) is 0 Å². The monoisotopic (exact) mass is 624 g/mol. The number of aromatic nitrogens is 2. The third-order valence-corrected chi connectivity index (χ3v) is 7.65. The Bertz CT molecular complexity index is 1690. The molecule has 0 aliphatic heterocycles. The van der Waals surface area contributed by atoms with Gasteiger partial charge in [-0.25, -0.2) is 12.2 Å². The molecule has 0 saturated heterocycles. The fraction of sp³-hybridized carbons (Fsp3) is 0.147. The fourth-order valence-electron chi connectivity index (χ4n) is 5.97. The van der Waals surface area contributed by atoms with Crippen molar-refractivity contribution in [1.29, 1.82) is 0 Å². The number of para-hydroxylation sites is 1. The largest absolute Gasteiger partial charge is 0.332 e. The summed E-state index contributed by atoms with van der Waals surface area (Å²) in [7, 11) is 9.87. The first-order valence-corrected chi connectivity index (χ1v) is 19.7. The van der Waals surface area contributed by atoms with Gasteiger partial charge < -0.3 is 9.13 Å². The Hall–Kier alpha value is -2.71. The smallest absolute Gasteiger partial charge is 0.0516 e. The van der Waals surface area contributed by atoms with Gasteiger partial charge in [-0.15, -0.1) is 52.7 Å². The van der Waals surface area contributed by atoms with Crippen molar-refractivity contribution in [3.63, 3.8) is 0 Å². The molecule has 39 heavy (non-hydrogen) atoms. The SMILES string of the molecule is [C-]1=Cc2ccccc2C1n1cccc1.[Cl][Zr+2][Cl].c1ccc2[cH-]c(-n3c4c(c5ccccc53)CCCC4)cc2c1. The average molecular weight is 627 g/mol. The number of nitrogens with zero attached hydrogens (tertiary/aromatic N) is 2. The number of halogens is 2. The van der Waals surface area contributed by atoms with E-state index in [-0.39, 0.29) is 6.04 Å². The summed E-state index contributed by atoms with van der Waals surface area (Å²) in [5.74, 6) is 0. The number of hydrogen-bond donors (Lipinski definition) is 0. The van der Waals surface area contributed by atoms with Crippen LogP contribution in [-0.4, -0.2) is 9.13 Å². The van der Waals surface area contributed by atoms with Crippen molar-refractivity contribution in [2.75, 3.05) is 0 Å². The Labute approximate surface area is 248 Å². The van der Waals surface area contributed by atoms with E-state index in [4.69, 9.17) is 17.0 Å². The second-order valence-corrected chi connectivity index (χ2v) is 13.6. The van der Waals surface area contributed by atoms with Gasteiger partial charge in [-0.3, -0.25) is 0 Å². The van der Waals surface area contributed by atoms with Gasteiger partial charge in [-0.05, 0) is 61.2 Å². The predicted octanol–water partition coefficient (Wildman–Crippen LogP) is 9.67. The summed E-state index contributed by atoms with van der Waals surface area (Å²) in [6, 6.07) is 35.0. The van der Waals surface area contributed by atoms with Crippen LogP contribution < -0.4 is 0 Å². The zero-order valence-corrected chi connectivity index (χ0v) is 25.5. The molecule has 1 atom stereocenters. The van der Waals surface area contributed by atoms with E-state index in [0.717, 1.165) is 0 Å². The van der Waals surface area contributed by atoms with Gasteiger partial charge in [0, 0.05) is 23.5 Å². The van der Waals surface area contributed by atoms with Crippen LogP contribution in [0.25, 0.3) is 33.4 Å². The van der Waals surface area contributed by atoms with Gasteiger partial charge in [0.15, 0.2) is 0 Å². The Kier molecular flexibility index (Phi) is 8.30. The molecule has 0 amide bonds. The van der Waals surface area contributed by atoms with Crippen LogP contribution in [0.3, 0.4) is 0 Å². The molecule has 0 N–H and O–H groups in total. The molecule has 2 nitrogen and oxygen atoms in total. The van der Waals surface area contributed by atoms with Gasteiger partial charge in [0.05, 0.1) is 5.52 Å². The molecule has 8 rings (SSSR count). The first-order valence-electron chi connectivity index (χ1n) is 13.3. The Morgan fingerprint density at radius 1 is 0.821 bits per heavy atom. The quantitative estimate of drug-likeness (QED) is 0.169. The summed E-state index contributed by atoms with van der Waals surface area (Å²) < 4.78 is 4.67. The molecule has 1 unspecified atom stereocenters. The van der Waals surface area contributed by atoms with E-state index >= 15 is 0 Å². The number of aryl methyl sites for hydroxylation is 1. The van der Waals surface area contributed by atoms with Crippen molar-refractivity contribution in [2.45, 2.75) is 31.7 Å². The van der Waals surface area contributed by atoms with Crippen LogP contribution in [0.4, 0.5) is 0 Å². The number of rotatable bonds is 2. The molecule has 2 aliphatic rings. The first-order chi connectivity index (χ1) is 19.3. The summed E-state index contributed by atoms with van der Waals surface area (Å²) in [5, 5.41) is 4.11. The molecule has 0 saturated carbocycles. The predicted molar refractivity (Wildman–Crippen MR) is 161 cm³/mol. The maximum atomic E-state index is 4.93. The van der Waals surface area contributed by atoms with Gasteiger partial charge in [-0.1, -0.05) is 42.5 Å². The third kappa shape index (κ3) is 5.38. The first kappa shape index (κ1) is 26.5. The standard InChI is InChI=1S/C21H18N.C13H10N.2ClH.Zr/c1-2-8-16-14-17(13-15(16)7-1)22-20-11-5-3-9-18(20)19-10-4-6-12-21(19)22;1-2-6-12-11(5-1)7-8-13(12)14-9-3-4-10-14;;;/h1-3,5,7-9,11,13-14H,4,6,10,12H2;1-7,9-10,13H;2*1H;/q2*-1;;;+4/p-2. The minimum Gasteiger partial charge on any atom is -0.332 e. The normalized spacial score (nSPS) is 15.1. The van der Waals surface area contributed by atoms with Gasteiger partial charge in [0.25, 0.3) is 0 Å². The fourth-order valence-corrected chi connectivity index (χ4v) is 5.97. The molecule has 0 bridgehead atoms. The summed E-state index contributed by atoms with van der Waals surface area (Å²) >= 11 is -0.826. The third-order valence-electron chi connectivity index (χ3n) is 7.65. The zero-order chi connectivity index (χ0) is 26.6. The summed E-state index contributed by atoms with van der Waals surface area (Å²) in [4.78, 5) is 0. The minimum atomic E-state index is -0.826. The van der Waals surface area contributed by atoms with Gasteiger partial charge in [-0.2, -0.15) is 5.56 Å². The molecule has 0 fully saturated rings. The van der Waals surface area contributed by atoms with E-state index in [1.54, 1.807) is 5.56 Å². The molecule has 0 spiro atoms. The van der Waals surface area contributed by atoms with Crippen molar-refractivity contribution < 1.29 is 20.8 Å². The van der Waals surface area contributed by atoms with Crippen LogP contribution in [0.5, 0.6) is 0 Å². The van der Waals surface area contributed by atoms with E-state index in [1.807, 2.05) is 12.1 Å². The zero-order valence-electron chi connectivity index (χ0n) is 21.5. The summed E-state index contributed by atoms with van der Waals surface area (Å²) in [6.45, 7) is 0. The Morgan fingerprint density at radius 2 is 1.54 bits per heavy atom. The van der Waals surface area contributed by atoms with Crippen molar-refractivity contribution in [3.8, 4) is 5.69 Å². The molecule has 2 heterocycles. The van der Waals surface area contributed by atoms with Gasteiger partial charge >= 0.3 is 37.9 Å². The van der Waals surface area contributed by atoms with Crippen molar-refractivity contribution >= 4 is 44.8 Å². The van der Waals surface area contributed by atoms with Crippen LogP contribution >= 0.6 is 17.0 Å². The average Bonchev–Trinajstić information content (AvgIpc) is 3.77. The molecule has 6 aromatic rings. The molecular formula is C34H28Cl2N2Zr. The minimum absolute atomic E-state index is 0.265. The topological polar surface area (TPSA) is 9.86 Å². The molecule has 0 radical (unpaired) electrons. The second kappa shape index (κ2) is 12.2. The molecule has 2 aromatic heterocycles. The number of hydrogen-bond acceptors (Lipinski definition) is 0. The number of allylic oxidation sites excluding steroid dienone is 1. The van der Waals surface area contributed by atoms with Crippen molar-refractivity contribution in [2.24, 2.45) is 0 Å². The second-order valence-electron chi connectivity index (χ2n) is 9.87. The maximum absolute atomic E-state index is 4.93. The van der Waals surface area contributed by atoms with E-state index < -0.39 is 20.8 Å². The van der Waals surface area contributed by atoms with Crippen LogP contribution in [0.15, 0.2) is 109 Å². The van der Waals surface area contributed by atoms with Crippen LogP contribution in [0.1, 0.15) is 41.3 Å². The van der Waals surface area contributed by atoms with Crippen LogP contribution in [-0.2, 0) is 33.7 Å². The molecule has 4 aromatic carbocycles. The van der Waals surface area contributed by atoms with E-state index in [2.05, 4.69) is 119 Å². The number of benzene rings is 3. The maximum Gasteiger partial charge on any atom is 0.0516 e. The van der Waals surface area contributed by atoms with Crippen molar-refractivity contribution in [3.05, 3.63) is 138 Å². The van der Waals surface area contributed by atoms with E-state index in [0.29, 0.717) is 0 Å².